The van der Waals surface area contributed by atoms with Gasteiger partial charge in [0.15, 0.2) is 0 Å². The lowest BCUT2D eigenvalue weighted by atomic mass is 9.98. The minimum absolute atomic E-state index is 0.0880. The van der Waals surface area contributed by atoms with E-state index in [1.54, 1.807) is 24.5 Å². The number of ether oxygens (including phenoxy) is 2. The number of halogens is 1. The number of amides is 1. The molecule has 3 N–H and O–H groups in total. The van der Waals surface area contributed by atoms with E-state index in [4.69, 9.17) is 26.8 Å². The van der Waals surface area contributed by atoms with Crippen molar-refractivity contribution in [1.29, 1.82) is 0 Å². The number of nitrogens with zero attached hydrogens (tertiary/aromatic N) is 4. The number of benzene rings is 2. The third-order valence-electron chi connectivity index (χ3n) is 6.52. The van der Waals surface area contributed by atoms with Crippen LogP contribution in [0.5, 0.6) is 11.5 Å². The molecule has 1 fully saturated rings. The highest BCUT2D eigenvalue weighted by molar-refractivity contribution is 6.32. The minimum atomic E-state index is -0.718. The molecule has 0 atom stereocenters. The summed E-state index contributed by atoms with van der Waals surface area (Å²) in [7, 11) is 2.14. The fourth-order valence-electron chi connectivity index (χ4n) is 4.32. The van der Waals surface area contributed by atoms with E-state index < -0.39 is 5.91 Å². The van der Waals surface area contributed by atoms with Gasteiger partial charge in [0, 0.05) is 35.1 Å². The van der Waals surface area contributed by atoms with Crippen LogP contribution in [-0.4, -0.2) is 52.5 Å². The van der Waals surface area contributed by atoms with Crippen molar-refractivity contribution in [2.75, 3.05) is 32.1 Å². The van der Waals surface area contributed by atoms with E-state index in [2.05, 4.69) is 32.2 Å². The summed E-state index contributed by atoms with van der Waals surface area (Å²) in [6, 6.07) is 14.7. The standard InChI is InChI=1S/C28H29ClN6O3/c1-35-11-8-18(9-12-35)16-37-21-5-6-22-24(14-21)33-28(26(30)36)34-27(22)32-20-4-7-25(23(29)13-20)38-17-19-3-2-10-31-15-19/h2-7,10,13-15,18H,8-9,11-12,16-17H2,1H3,(H2,30,36)(H,32,33,34). The summed E-state index contributed by atoms with van der Waals surface area (Å²) in [6.07, 6.45) is 5.68. The first-order chi connectivity index (χ1) is 18.4. The number of aromatic nitrogens is 3. The van der Waals surface area contributed by atoms with Gasteiger partial charge >= 0.3 is 0 Å². The molecule has 38 heavy (non-hydrogen) atoms. The Labute approximate surface area is 226 Å². The number of nitrogens with two attached hydrogens (primary N) is 1. The number of anilines is 2. The number of likely N-dealkylation sites (tertiary alicyclic amines) is 1. The van der Waals surface area contributed by atoms with Crippen molar-refractivity contribution in [2.45, 2.75) is 19.4 Å². The second-order valence-electron chi connectivity index (χ2n) is 9.42. The Morgan fingerprint density at radius 2 is 1.97 bits per heavy atom. The largest absolute Gasteiger partial charge is 0.493 e. The van der Waals surface area contributed by atoms with Crippen molar-refractivity contribution in [1.82, 2.24) is 19.9 Å². The molecule has 9 nitrogen and oxygen atoms in total. The lowest BCUT2D eigenvalue weighted by Gasteiger charge is -2.28. The van der Waals surface area contributed by atoms with Gasteiger partial charge in [-0.15, -0.1) is 0 Å². The van der Waals surface area contributed by atoms with E-state index in [0.717, 1.165) is 36.9 Å². The van der Waals surface area contributed by atoms with Crippen molar-refractivity contribution in [3.05, 3.63) is 77.3 Å². The third-order valence-corrected chi connectivity index (χ3v) is 6.82. The van der Waals surface area contributed by atoms with Crippen LogP contribution in [0.3, 0.4) is 0 Å². The quantitative estimate of drug-likeness (QED) is 0.315. The van der Waals surface area contributed by atoms with Gasteiger partial charge in [-0.1, -0.05) is 17.7 Å². The van der Waals surface area contributed by atoms with Crippen LogP contribution in [-0.2, 0) is 6.61 Å². The molecular weight excluding hydrogens is 504 g/mol. The molecule has 1 aliphatic heterocycles. The molecule has 3 heterocycles. The summed E-state index contributed by atoms with van der Waals surface area (Å²) < 4.78 is 11.9. The molecule has 2 aromatic carbocycles. The van der Waals surface area contributed by atoms with Crippen LogP contribution in [0, 0.1) is 5.92 Å². The fraction of sp³-hybridized carbons (Fsp3) is 0.286. The number of rotatable bonds is 9. The van der Waals surface area contributed by atoms with Crippen LogP contribution in [0.25, 0.3) is 10.9 Å². The highest BCUT2D eigenvalue weighted by Gasteiger charge is 2.18. The number of carbonyl (C=O) groups is 1. The van der Waals surface area contributed by atoms with Crippen LogP contribution in [0.15, 0.2) is 60.9 Å². The maximum atomic E-state index is 12.0. The van der Waals surface area contributed by atoms with E-state index in [-0.39, 0.29) is 5.82 Å². The summed E-state index contributed by atoms with van der Waals surface area (Å²) in [5, 5.41) is 4.38. The zero-order valence-corrected chi connectivity index (χ0v) is 21.8. The first kappa shape index (κ1) is 25.7. The lowest BCUT2D eigenvalue weighted by Crippen LogP contribution is -2.32. The number of hydrogen-bond donors (Lipinski definition) is 2. The Hall–Kier alpha value is -3.95. The van der Waals surface area contributed by atoms with Gasteiger partial charge in [0.2, 0.25) is 5.82 Å². The Bertz CT molecular complexity index is 1430. The first-order valence-electron chi connectivity index (χ1n) is 12.5. The molecule has 0 radical (unpaired) electrons. The smallest absolute Gasteiger partial charge is 0.286 e. The summed E-state index contributed by atoms with van der Waals surface area (Å²) in [5.74, 6) is 1.38. The molecule has 0 bridgehead atoms. The van der Waals surface area contributed by atoms with E-state index in [1.165, 1.54) is 0 Å². The number of fused-ring (bicyclic) bond motifs is 1. The van der Waals surface area contributed by atoms with Gasteiger partial charge in [-0.2, -0.15) is 0 Å². The molecule has 0 spiro atoms. The third kappa shape index (κ3) is 6.30. The van der Waals surface area contributed by atoms with Gasteiger partial charge in [0.1, 0.15) is 23.9 Å². The SMILES string of the molecule is CN1CCC(COc2ccc3c(Nc4ccc(OCc5cccnc5)c(Cl)c4)nc(C(N)=O)nc3c2)CC1. The van der Waals surface area contributed by atoms with Crippen molar-refractivity contribution < 1.29 is 14.3 Å². The monoisotopic (exact) mass is 532 g/mol. The van der Waals surface area contributed by atoms with Gasteiger partial charge in [-0.05, 0) is 75.3 Å². The van der Waals surface area contributed by atoms with Crippen LogP contribution < -0.4 is 20.5 Å². The molecule has 0 unspecified atom stereocenters. The van der Waals surface area contributed by atoms with Crippen LogP contribution >= 0.6 is 11.6 Å². The van der Waals surface area contributed by atoms with Crippen molar-refractivity contribution >= 4 is 39.9 Å². The van der Waals surface area contributed by atoms with E-state index >= 15 is 0 Å². The van der Waals surface area contributed by atoms with Gasteiger partial charge in [0.05, 0.1) is 17.1 Å². The first-order valence-corrected chi connectivity index (χ1v) is 12.8. The van der Waals surface area contributed by atoms with Gasteiger partial charge < -0.3 is 25.4 Å². The molecule has 2 aromatic heterocycles. The normalized spacial score (nSPS) is 14.4. The highest BCUT2D eigenvalue weighted by Crippen LogP contribution is 2.32. The average Bonchev–Trinajstić information content (AvgIpc) is 2.92. The molecule has 10 heteroatoms. The Morgan fingerprint density at radius 3 is 2.71 bits per heavy atom. The molecule has 0 aliphatic carbocycles. The summed E-state index contributed by atoms with van der Waals surface area (Å²) in [4.78, 5) is 27.1. The molecule has 196 valence electrons. The Kier molecular flexibility index (Phi) is 7.86. The molecule has 1 aliphatic rings. The van der Waals surface area contributed by atoms with Crippen LogP contribution in [0.1, 0.15) is 29.0 Å². The molecule has 1 amide bonds. The predicted octanol–water partition coefficient (Wildman–Crippen LogP) is 4.82. The zero-order chi connectivity index (χ0) is 26.5. The number of carbonyl (C=O) groups excluding carboxylic acids is 1. The van der Waals surface area contributed by atoms with Crippen molar-refractivity contribution in [3.63, 3.8) is 0 Å². The summed E-state index contributed by atoms with van der Waals surface area (Å²) in [5.41, 5.74) is 7.69. The maximum Gasteiger partial charge on any atom is 0.286 e. The zero-order valence-electron chi connectivity index (χ0n) is 21.1. The number of primary amides is 1. The minimum Gasteiger partial charge on any atom is -0.493 e. The predicted molar refractivity (Wildman–Crippen MR) is 147 cm³/mol. The Morgan fingerprint density at radius 1 is 1.13 bits per heavy atom. The molecular formula is C28H29ClN6O3. The van der Waals surface area contributed by atoms with Gasteiger partial charge in [-0.3, -0.25) is 9.78 Å². The molecule has 0 saturated carbocycles. The fourth-order valence-corrected chi connectivity index (χ4v) is 4.56. The second-order valence-corrected chi connectivity index (χ2v) is 9.82. The molecule has 1 saturated heterocycles. The summed E-state index contributed by atoms with van der Waals surface area (Å²) >= 11 is 6.48. The number of piperidine rings is 1. The topological polar surface area (TPSA) is 115 Å². The highest BCUT2D eigenvalue weighted by atomic mass is 35.5. The second kappa shape index (κ2) is 11.6. The van der Waals surface area contributed by atoms with E-state index in [1.807, 2.05) is 36.4 Å². The number of hydrogen-bond acceptors (Lipinski definition) is 8. The van der Waals surface area contributed by atoms with Gasteiger partial charge in [-0.25, -0.2) is 9.97 Å². The summed E-state index contributed by atoms with van der Waals surface area (Å²) in [6.45, 7) is 3.15. The number of pyridine rings is 1. The van der Waals surface area contributed by atoms with Crippen LogP contribution in [0.2, 0.25) is 5.02 Å². The van der Waals surface area contributed by atoms with Crippen LogP contribution in [0.4, 0.5) is 11.5 Å². The molecule has 5 rings (SSSR count). The Balaban J connectivity index is 1.33. The lowest BCUT2D eigenvalue weighted by molar-refractivity contribution is 0.0991. The average molecular weight is 533 g/mol. The van der Waals surface area contributed by atoms with Gasteiger partial charge in [0.25, 0.3) is 5.91 Å². The maximum absolute atomic E-state index is 12.0. The van der Waals surface area contributed by atoms with Crippen molar-refractivity contribution in [2.24, 2.45) is 11.7 Å². The van der Waals surface area contributed by atoms with Crippen molar-refractivity contribution in [3.8, 4) is 11.5 Å². The molecule has 4 aromatic rings. The van der Waals surface area contributed by atoms with E-state index in [9.17, 15) is 4.79 Å². The number of nitrogens with one attached hydrogen (secondary N) is 1. The van der Waals surface area contributed by atoms with E-state index in [0.29, 0.717) is 52.7 Å².